The van der Waals surface area contributed by atoms with E-state index in [1.807, 2.05) is 36.6 Å². The van der Waals surface area contributed by atoms with Gasteiger partial charge in [-0.15, -0.1) is 10.2 Å². The molecular formula is C16H21N3O2S. The Morgan fingerprint density at radius 2 is 2.18 bits per heavy atom. The van der Waals surface area contributed by atoms with Crippen molar-refractivity contribution in [1.82, 2.24) is 14.8 Å². The molecule has 0 N–H and O–H groups in total. The van der Waals surface area contributed by atoms with Crippen LogP contribution in [-0.2, 0) is 11.3 Å². The van der Waals surface area contributed by atoms with Gasteiger partial charge < -0.3 is 9.30 Å². The predicted molar refractivity (Wildman–Crippen MR) is 87.5 cm³/mol. The largest absolute Gasteiger partial charge is 0.385 e. The van der Waals surface area contributed by atoms with E-state index < -0.39 is 0 Å². The topological polar surface area (TPSA) is 57.0 Å². The fourth-order valence-electron chi connectivity index (χ4n) is 2.13. The van der Waals surface area contributed by atoms with E-state index in [0.717, 1.165) is 34.8 Å². The van der Waals surface area contributed by atoms with Crippen molar-refractivity contribution in [1.29, 1.82) is 0 Å². The molecule has 1 aromatic carbocycles. The van der Waals surface area contributed by atoms with Gasteiger partial charge >= 0.3 is 0 Å². The molecule has 0 bridgehead atoms. The number of methoxy groups -OCH3 is 1. The molecule has 22 heavy (non-hydrogen) atoms. The third-order valence-electron chi connectivity index (χ3n) is 3.35. The molecule has 0 saturated carbocycles. The van der Waals surface area contributed by atoms with Crippen LogP contribution < -0.4 is 0 Å². The maximum absolute atomic E-state index is 12.4. The van der Waals surface area contributed by atoms with Crippen LogP contribution in [0.5, 0.6) is 0 Å². The Labute approximate surface area is 135 Å². The summed E-state index contributed by atoms with van der Waals surface area (Å²) >= 11 is 1.43. The van der Waals surface area contributed by atoms with Gasteiger partial charge in [-0.05, 0) is 31.9 Å². The summed E-state index contributed by atoms with van der Waals surface area (Å²) in [4.78, 5) is 12.4. The molecule has 0 atom stereocenters. The van der Waals surface area contributed by atoms with Crippen molar-refractivity contribution in [2.75, 3.05) is 19.5 Å². The fraction of sp³-hybridized carbons (Fsp3) is 0.438. The number of nitrogens with zero attached hydrogens (tertiary/aromatic N) is 3. The van der Waals surface area contributed by atoms with Crippen molar-refractivity contribution in [3.8, 4) is 0 Å². The highest BCUT2D eigenvalue weighted by atomic mass is 32.2. The van der Waals surface area contributed by atoms with Gasteiger partial charge in [-0.1, -0.05) is 29.5 Å². The number of Topliss-reactive ketones (excluding diaryl/α,β-unsaturated/α-hetero) is 1. The van der Waals surface area contributed by atoms with Gasteiger partial charge in [0.1, 0.15) is 6.33 Å². The van der Waals surface area contributed by atoms with Crippen LogP contribution in [0.3, 0.4) is 0 Å². The van der Waals surface area contributed by atoms with Crippen molar-refractivity contribution in [2.45, 2.75) is 32.0 Å². The monoisotopic (exact) mass is 319 g/mol. The van der Waals surface area contributed by atoms with Crippen LogP contribution in [0.1, 0.15) is 27.9 Å². The zero-order valence-corrected chi connectivity index (χ0v) is 14.0. The Bertz CT molecular complexity index is 640. The molecule has 0 aliphatic heterocycles. The Hall–Kier alpha value is -1.66. The first-order valence-electron chi connectivity index (χ1n) is 7.22. The summed E-state index contributed by atoms with van der Waals surface area (Å²) in [7, 11) is 1.69. The van der Waals surface area contributed by atoms with Gasteiger partial charge in [0, 0.05) is 25.8 Å². The van der Waals surface area contributed by atoms with E-state index in [4.69, 9.17) is 4.74 Å². The maximum Gasteiger partial charge on any atom is 0.191 e. The lowest BCUT2D eigenvalue weighted by Crippen LogP contribution is -2.07. The number of carbonyl (C=O) groups excluding carboxylic acids is 1. The Morgan fingerprint density at radius 1 is 1.36 bits per heavy atom. The van der Waals surface area contributed by atoms with Crippen LogP contribution in [0.25, 0.3) is 0 Å². The molecule has 0 amide bonds. The quantitative estimate of drug-likeness (QED) is 0.425. The number of rotatable bonds is 8. The summed E-state index contributed by atoms with van der Waals surface area (Å²) < 4.78 is 7.00. The number of thioether (sulfide) groups is 1. The number of ketones is 1. The summed E-state index contributed by atoms with van der Waals surface area (Å²) in [5.74, 6) is 0.491. The highest BCUT2D eigenvalue weighted by Crippen LogP contribution is 2.19. The molecule has 0 saturated heterocycles. The summed E-state index contributed by atoms with van der Waals surface area (Å²) in [6, 6.07) is 5.95. The number of hydrogen-bond acceptors (Lipinski definition) is 5. The molecule has 5 nitrogen and oxygen atoms in total. The third-order valence-corrected chi connectivity index (χ3v) is 4.33. The molecule has 0 unspecified atom stereocenters. The van der Waals surface area contributed by atoms with Crippen LogP contribution in [0, 0.1) is 13.8 Å². The lowest BCUT2D eigenvalue weighted by molar-refractivity contribution is 0.102. The second kappa shape index (κ2) is 8.10. The molecule has 6 heteroatoms. The SMILES string of the molecule is COCCCn1cnnc1SCC(=O)c1cc(C)ccc1C. The average molecular weight is 319 g/mol. The van der Waals surface area contributed by atoms with Gasteiger partial charge in [0.05, 0.1) is 5.75 Å². The molecule has 1 heterocycles. The van der Waals surface area contributed by atoms with Gasteiger partial charge in [0.15, 0.2) is 10.9 Å². The van der Waals surface area contributed by atoms with Gasteiger partial charge in [-0.25, -0.2) is 0 Å². The van der Waals surface area contributed by atoms with Crippen molar-refractivity contribution < 1.29 is 9.53 Å². The second-order valence-corrected chi connectivity index (χ2v) is 6.13. The van der Waals surface area contributed by atoms with Crippen LogP contribution in [0.2, 0.25) is 0 Å². The first kappa shape index (κ1) is 16.7. The fourth-order valence-corrected chi connectivity index (χ4v) is 2.96. The van der Waals surface area contributed by atoms with E-state index in [1.165, 1.54) is 11.8 Å². The number of hydrogen-bond donors (Lipinski definition) is 0. The van der Waals surface area contributed by atoms with Gasteiger partial charge in [0.2, 0.25) is 0 Å². The summed E-state index contributed by atoms with van der Waals surface area (Å²) in [6.07, 6.45) is 2.59. The summed E-state index contributed by atoms with van der Waals surface area (Å²) in [6.45, 7) is 5.45. The van der Waals surface area contributed by atoms with Crippen molar-refractivity contribution in [2.24, 2.45) is 0 Å². The summed E-state index contributed by atoms with van der Waals surface area (Å²) in [5.41, 5.74) is 2.90. The van der Waals surface area contributed by atoms with Gasteiger partial charge in [-0.2, -0.15) is 0 Å². The zero-order chi connectivity index (χ0) is 15.9. The Morgan fingerprint density at radius 3 is 2.95 bits per heavy atom. The first-order valence-corrected chi connectivity index (χ1v) is 8.20. The number of aromatic nitrogens is 3. The van der Waals surface area contributed by atoms with Crippen molar-refractivity contribution in [3.05, 3.63) is 41.2 Å². The molecule has 0 spiro atoms. The average Bonchev–Trinajstić information content (AvgIpc) is 2.95. The first-order chi connectivity index (χ1) is 10.6. The van der Waals surface area contributed by atoms with Crippen LogP contribution in [-0.4, -0.2) is 40.0 Å². The maximum atomic E-state index is 12.4. The Balaban J connectivity index is 1.97. The number of carbonyl (C=O) groups is 1. The summed E-state index contributed by atoms with van der Waals surface area (Å²) in [5, 5.41) is 8.78. The lowest BCUT2D eigenvalue weighted by atomic mass is 10.0. The van der Waals surface area contributed by atoms with Crippen LogP contribution in [0.4, 0.5) is 0 Å². The second-order valence-electron chi connectivity index (χ2n) is 5.18. The molecule has 0 fully saturated rings. The highest BCUT2D eigenvalue weighted by Gasteiger charge is 2.12. The molecule has 0 aliphatic rings. The van der Waals surface area contributed by atoms with E-state index in [1.54, 1.807) is 13.4 Å². The minimum atomic E-state index is 0.123. The highest BCUT2D eigenvalue weighted by molar-refractivity contribution is 7.99. The molecule has 0 aliphatic carbocycles. The van der Waals surface area contributed by atoms with Crippen molar-refractivity contribution in [3.63, 3.8) is 0 Å². The predicted octanol–water partition coefficient (Wildman–Crippen LogP) is 2.91. The van der Waals surface area contributed by atoms with Gasteiger partial charge in [-0.3, -0.25) is 4.79 Å². The van der Waals surface area contributed by atoms with Crippen molar-refractivity contribution >= 4 is 17.5 Å². The van der Waals surface area contributed by atoms with Crippen LogP contribution >= 0.6 is 11.8 Å². The molecule has 0 radical (unpaired) electrons. The molecule has 1 aromatic heterocycles. The molecule has 2 rings (SSSR count). The van der Waals surface area contributed by atoms with Gasteiger partial charge in [0.25, 0.3) is 0 Å². The van der Waals surface area contributed by atoms with E-state index in [-0.39, 0.29) is 5.78 Å². The minimum absolute atomic E-state index is 0.123. The van der Waals surface area contributed by atoms with E-state index >= 15 is 0 Å². The molecule has 2 aromatic rings. The lowest BCUT2D eigenvalue weighted by Gasteiger charge is -2.07. The number of aryl methyl sites for hydroxylation is 3. The standard InChI is InChI=1S/C16H21N3O2S/c1-12-5-6-13(2)14(9-12)15(20)10-22-16-18-17-11-19(16)7-4-8-21-3/h5-6,9,11H,4,7-8,10H2,1-3H3. The molecular weight excluding hydrogens is 298 g/mol. The smallest absolute Gasteiger partial charge is 0.191 e. The normalized spacial score (nSPS) is 10.9. The number of benzene rings is 1. The van der Waals surface area contributed by atoms with E-state index in [0.29, 0.717) is 12.4 Å². The Kier molecular flexibility index (Phi) is 6.15. The molecule has 118 valence electrons. The zero-order valence-electron chi connectivity index (χ0n) is 13.2. The van der Waals surface area contributed by atoms with E-state index in [9.17, 15) is 4.79 Å². The third kappa shape index (κ3) is 4.42. The number of ether oxygens (including phenoxy) is 1. The van der Waals surface area contributed by atoms with Crippen LogP contribution in [0.15, 0.2) is 29.7 Å². The van der Waals surface area contributed by atoms with E-state index in [2.05, 4.69) is 10.2 Å². The minimum Gasteiger partial charge on any atom is -0.385 e.